The van der Waals surface area contributed by atoms with Crippen molar-refractivity contribution in [3.8, 4) is 0 Å². The lowest BCUT2D eigenvalue weighted by Crippen LogP contribution is -2.41. The molecule has 27 heavy (non-hydrogen) atoms. The lowest BCUT2D eigenvalue weighted by Gasteiger charge is -2.15. The zero-order chi connectivity index (χ0) is 19.9. The first-order valence-corrected chi connectivity index (χ1v) is 8.12. The maximum Gasteiger partial charge on any atom is 0.416 e. The Balaban J connectivity index is 1.86. The van der Waals surface area contributed by atoms with Gasteiger partial charge in [0, 0.05) is 0 Å². The molecule has 0 saturated heterocycles. The van der Waals surface area contributed by atoms with E-state index < -0.39 is 29.8 Å². The zero-order valence-corrected chi connectivity index (χ0v) is 14.2. The fourth-order valence-corrected chi connectivity index (χ4v) is 2.34. The molecule has 1 amide bonds. The van der Waals surface area contributed by atoms with E-state index in [0.717, 1.165) is 17.7 Å². The van der Waals surface area contributed by atoms with Gasteiger partial charge in [-0.3, -0.25) is 0 Å². The van der Waals surface area contributed by atoms with Crippen LogP contribution in [0.25, 0.3) is 0 Å². The molecule has 0 aliphatic rings. The number of nitrogens with one attached hydrogen (secondary N) is 1. The highest BCUT2D eigenvalue weighted by atomic mass is 19.4. The molecular formula is C19H18F3NO4. The molecule has 2 aromatic carbocycles. The van der Waals surface area contributed by atoms with E-state index in [1.807, 2.05) is 6.07 Å². The van der Waals surface area contributed by atoms with Gasteiger partial charge in [-0.1, -0.05) is 42.5 Å². The van der Waals surface area contributed by atoms with Crippen LogP contribution in [-0.4, -0.2) is 23.2 Å². The minimum absolute atomic E-state index is 0.00207. The van der Waals surface area contributed by atoms with Crippen LogP contribution in [0, 0.1) is 0 Å². The second-order valence-electron chi connectivity index (χ2n) is 5.83. The van der Waals surface area contributed by atoms with E-state index in [0.29, 0.717) is 5.56 Å². The molecule has 0 heterocycles. The van der Waals surface area contributed by atoms with Gasteiger partial charge in [-0.05, 0) is 36.1 Å². The standard InChI is InChI=1S/C19H18F3NO4/c20-19(21,22)15-9-6-13(7-10-15)8-11-16(17(24)25)23-18(26)27-12-14-4-2-1-3-5-14/h1-7,9-10,16H,8,11-12H2,(H,23,26)(H,24,25). The molecule has 1 atom stereocenters. The zero-order valence-electron chi connectivity index (χ0n) is 14.2. The Hall–Kier alpha value is -3.03. The van der Waals surface area contributed by atoms with E-state index >= 15 is 0 Å². The van der Waals surface area contributed by atoms with Gasteiger partial charge in [-0.2, -0.15) is 13.2 Å². The molecule has 0 aliphatic carbocycles. The number of ether oxygens (including phenoxy) is 1. The molecular weight excluding hydrogens is 363 g/mol. The van der Waals surface area contributed by atoms with Crippen molar-refractivity contribution in [3.05, 3.63) is 71.3 Å². The maximum atomic E-state index is 12.5. The van der Waals surface area contributed by atoms with Gasteiger partial charge in [-0.15, -0.1) is 0 Å². The van der Waals surface area contributed by atoms with Crippen LogP contribution in [0.4, 0.5) is 18.0 Å². The molecule has 8 heteroatoms. The Labute approximate surface area is 153 Å². The number of halogens is 3. The third-order valence-electron chi connectivity index (χ3n) is 3.81. The SMILES string of the molecule is O=C(NC(CCc1ccc(C(F)(F)F)cc1)C(=O)O)OCc1ccccc1. The highest BCUT2D eigenvalue weighted by Gasteiger charge is 2.30. The second-order valence-corrected chi connectivity index (χ2v) is 5.83. The summed E-state index contributed by atoms with van der Waals surface area (Å²) in [5.74, 6) is -1.25. The molecule has 0 radical (unpaired) electrons. The number of amides is 1. The number of hydrogen-bond donors (Lipinski definition) is 2. The van der Waals surface area contributed by atoms with Crippen LogP contribution in [0.3, 0.4) is 0 Å². The predicted molar refractivity (Wildman–Crippen MR) is 91.0 cm³/mol. The van der Waals surface area contributed by atoms with Crippen LogP contribution in [-0.2, 0) is 28.7 Å². The fourth-order valence-electron chi connectivity index (χ4n) is 2.34. The van der Waals surface area contributed by atoms with Crippen molar-refractivity contribution < 1.29 is 32.6 Å². The largest absolute Gasteiger partial charge is 0.480 e. The molecule has 2 rings (SSSR count). The van der Waals surface area contributed by atoms with E-state index in [1.54, 1.807) is 24.3 Å². The van der Waals surface area contributed by atoms with Crippen molar-refractivity contribution in [2.45, 2.75) is 31.7 Å². The summed E-state index contributed by atoms with van der Waals surface area (Å²) in [6.45, 7) is -0.00207. The average Bonchev–Trinajstić information content (AvgIpc) is 2.63. The van der Waals surface area contributed by atoms with Crippen molar-refractivity contribution in [3.63, 3.8) is 0 Å². The summed E-state index contributed by atoms with van der Waals surface area (Å²) in [4.78, 5) is 23.1. The number of aliphatic carboxylic acids is 1. The van der Waals surface area contributed by atoms with E-state index in [2.05, 4.69) is 5.32 Å². The van der Waals surface area contributed by atoms with Crippen LogP contribution >= 0.6 is 0 Å². The molecule has 144 valence electrons. The summed E-state index contributed by atoms with van der Waals surface area (Å²) in [7, 11) is 0. The van der Waals surface area contributed by atoms with Crippen LogP contribution in [0.1, 0.15) is 23.1 Å². The molecule has 2 N–H and O–H groups in total. The van der Waals surface area contributed by atoms with Gasteiger partial charge in [0.15, 0.2) is 0 Å². The van der Waals surface area contributed by atoms with Gasteiger partial charge in [0.25, 0.3) is 0 Å². The normalized spacial score (nSPS) is 12.3. The number of hydrogen-bond acceptors (Lipinski definition) is 3. The van der Waals surface area contributed by atoms with Crippen LogP contribution in [0.5, 0.6) is 0 Å². The summed E-state index contributed by atoms with van der Waals surface area (Å²) >= 11 is 0. The minimum Gasteiger partial charge on any atom is -0.480 e. The maximum absolute atomic E-state index is 12.5. The van der Waals surface area contributed by atoms with Gasteiger partial charge in [0.05, 0.1) is 5.56 Å². The molecule has 1 unspecified atom stereocenters. The first kappa shape index (κ1) is 20.3. The van der Waals surface area contributed by atoms with E-state index in [1.165, 1.54) is 12.1 Å². The van der Waals surface area contributed by atoms with Crippen molar-refractivity contribution >= 4 is 12.1 Å². The van der Waals surface area contributed by atoms with E-state index in [4.69, 9.17) is 4.74 Å². The van der Waals surface area contributed by atoms with E-state index in [-0.39, 0.29) is 19.4 Å². The number of carbonyl (C=O) groups is 2. The van der Waals surface area contributed by atoms with Crippen molar-refractivity contribution in [1.29, 1.82) is 0 Å². The third-order valence-corrected chi connectivity index (χ3v) is 3.81. The van der Waals surface area contributed by atoms with Crippen LogP contribution in [0.15, 0.2) is 54.6 Å². The number of alkyl halides is 3. The number of benzene rings is 2. The van der Waals surface area contributed by atoms with Crippen molar-refractivity contribution in [1.82, 2.24) is 5.32 Å². The molecule has 0 aliphatic heterocycles. The summed E-state index contributed by atoms with van der Waals surface area (Å²) < 4.78 is 42.6. The molecule has 0 saturated carbocycles. The fraction of sp³-hybridized carbons (Fsp3) is 0.263. The molecule has 0 aromatic heterocycles. The summed E-state index contributed by atoms with van der Waals surface area (Å²) in [6, 6.07) is 12.1. The Kier molecular flexibility index (Phi) is 6.81. The number of alkyl carbamates (subject to hydrolysis) is 1. The quantitative estimate of drug-likeness (QED) is 0.760. The highest BCUT2D eigenvalue weighted by molar-refractivity contribution is 5.79. The first-order chi connectivity index (χ1) is 12.8. The Morgan fingerprint density at radius 1 is 1.00 bits per heavy atom. The van der Waals surface area contributed by atoms with Crippen molar-refractivity contribution in [2.75, 3.05) is 0 Å². The van der Waals surface area contributed by atoms with Gasteiger partial charge < -0.3 is 15.2 Å². The summed E-state index contributed by atoms with van der Waals surface area (Å²) in [6.07, 6.45) is -5.10. The molecule has 0 spiro atoms. The number of carboxylic acid groups (broad SMARTS) is 1. The first-order valence-electron chi connectivity index (χ1n) is 8.12. The van der Waals surface area contributed by atoms with Gasteiger partial charge >= 0.3 is 18.2 Å². The van der Waals surface area contributed by atoms with Gasteiger partial charge in [0.2, 0.25) is 0 Å². The molecule has 0 bridgehead atoms. The third kappa shape index (κ3) is 6.65. The highest BCUT2D eigenvalue weighted by Crippen LogP contribution is 2.29. The topological polar surface area (TPSA) is 75.6 Å². The number of carbonyl (C=O) groups excluding carboxylic acids is 1. The lowest BCUT2D eigenvalue weighted by atomic mass is 10.0. The Morgan fingerprint density at radius 3 is 2.19 bits per heavy atom. The average molecular weight is 381 g/mol. The van der Waals surface area contributed by atoms with Crippen molar-refractivity contribution in [2.24, 2.45) is 0 Å². The summed E-state index contributed by atoms with van der Waals surface area (Å²) in [5, 5.41) is 11.5. The van der Waals surface area contributed by atoms with Gasteiger partial charge in [0.1, 0.15) is 12.6 Å². The number of aryl methyl sites for hydroxylation is 1. The minimum atomic E-state index is -4.42. The van der Waals surface area contributed by atoms with Crippen LogP contribution < -0.4 is 5.32 Å². The monoisotopic (exact) mass is 381 g/mol. The number of rotatable bonds is 7. The second kappa shape index (κ2) is 9.07. The molecule has 2 aromatic rings. The Bertz CT molecular complexity index is 761. The van der Waals surface area contributed by atoms with Crippen LogP contribution in [0.2, 0.25) is 0 Å². The molecule has 5 nitrogen and oxygen atoms in total. The lowest BCUT2D eigenvalue weighted by molar-refractivity contribution is -0.139. The predicted octanol–water partition coefficient (Wildman–Crippen LogP) is 4.02. The summed E-state index contributed by atoms with van der Waals surface area (Å²) in [5.41, 5.74) is 0.515. The smallest absolute Gasteiger partial charge is 0.416 e. The van der Waals surface area contributed by atoms with E-state index in [9.17, 15) is 27.9 Å². The number of carboxylic acids is 1. The molecule has 0 fully saturated rings. The Morgan fingerprint density at radius 2 is 1.63 bits per heavy atom. The van der Waals surface area contributed by atoms with Gasteiger partial charge in [-0.25, -0.2) is 9.59 Å².